The van der Waals surface area contributed by atoms with E-state index in [0.717, 1.165) is 0 Å². The monoisotopic (exact) mass is 233 g/mol. The van der Waals surface area contributed by atoms with Crippen LogP contribution in [0, 0.1) is 23.2 Å². The van der Waals surface area contributed by atoms with Crippen LogP contribution in [0.1, 0.15) is 5.56 Å². The van der Waals surface area contributed by atoms with E-state index in [-0.39, 0.29) is 5.82 Å². The summed E-state index contributed by atoms with van der Waals surface area (Å²) in [5.41, 5.74) is 0.842. The van der Waals surface area contributed by atoms with E-state index in [9.17, 15) is 4.39 Å². The summed E-state index contributed by atoms with van der Waals surface area (Å²) in [6, 6.07) is 8.12. The Bertz CT molecular complexity index is 516. The first-order valence-corrected chi connectivity index (χ1v) is 4.97. The lowest BCUT2D eigenvalue weighted by Gasteiger charge is -2.20. The summed E-state index contributed by atoms with van der Waals surface area (Å²) in [7, 11) is 0. The minimum atomic E-state index is -1.42. The molecule has 4 heteroatoms. The van der Waals surface area contributed by atoms with Crippen LogP contribution in [0.2, 0.25) is 0 Å². The number of alkyl halides is 1. The van der Waals surface area contributed by atoms with Gasteiger partial charge in [-0.05, 0) is 23.9 Å². The zero-order valence-electron chi connectivity index (χ0n) is 8.17. The van der Waals surface area contributed by atoms with Crippen molar-refractivity contribution in [1.29, 1.82) is 5.26 Å². The number of rotatable bonds is 1. The van der Waals surface area contributed by atoms with Gasteiger partial charge < -0.3 is 5.32 Å². The first kappa shape index (κ1) is 10.7. The molecule has 2 nitrogen and oxygen atoms in total. The highest BCUT2D eigenvalue weighted by atomic mass is 35.5. The third-order valence-corrected chi connectivity index (χ3v) is 2.45. The molecule has 2 rings (SSSR count). The van der Waals surface area contributed by atoms with Gasteiger partial charge in [0.2, 0.25) is 5.00 Å². The quantitative estimate of drug-likeness (QED) is 0.598. The van der Waals surface area contributed by atoms with E-state index in [4.69, 9.17) is 16.9 Å². The molecule has 0 bridgehead atoms. The molecule has 0 aromatic heterocycles. The molecule has 1 N–H and O–H groups in total. The second-order valence-electron chi connectivity index (χ2n) is 3.27. The van der Waals surface area contributed by atoms with E-state index in [1.807, 2.05) is 6.07 Å². The number of allylic oxidation sites excluding steroid dienone is 2. The summed E-state index contributed by atoms with van der Waals surface area (Å²) in [5.74, 6) is -0.367. The molecular formula is C12H7ClFN2. The molecule has 0 saturated heterocycles. The van der Waals surface area contributed by atoms with Crippen molar-refractivity contribution < 1.29 is 4.39 Å². The van der Waals surface area contributed by atoms with Gasteiger partial charge >= 0.3 is 0 Å². The van der Waals surface area contributed by atoms with Crippen LogP contribution in [0.4, 0.5) is 4.39 Å². The van der Waals surface area contributed by atoms with E-state index in [0.29, 0.717) is 11.1 Å². The Labute approximate surface area is 97.6 Å². The van der Waals surface area contributed by atoms with E-state index in [1.165, 1.54) is 12.3 Å². The molecule has 1 aliphatic rings. The average Bonchev–Trinajstić information content (AvgIpc) is 2.30. The van der Waals surface area contributed by atoms with Gasteiger partial charge in [-0.15, -0.1) is 0 Å². The van der Waals surface area contributed by atoms with E-state index in [1.54, 1.807) is 24.3 Å². The van der Waals surface area contributed by atoms with E-state index < -0.39 is 5.00 Å². The Morgan fingerprint density at radius 1 is 1.44 bits per heavy atom. The van der Waals surface area contributed by atoms with Gasteiger partial charge in [0, 0.05) is 11.6 Å². The highest BCUT2D eigenvalue weighted by Gasteiger charge is 2.26. The number of hydrogen-bond acceptors (Lipinski definition) is 2. The summed E-state index contributed by atoms with van der Waals surface area (Å²) in [5, 5.41) is 11.5. The normalized spacial score (nSPS) is 23.2. The number of nitrogens with one attached hydrogen (secondary N) is 1. The topological polar surface area (TPSA) is 35.8 Å². The fraction of sp³-hybridized carbons (Fsp3) is 0.0833. The molecule has 1 aliphatic heterocycles. The van der Waals surface area contributed by atoms with Crippen molar-refractivity contribution in [1.82, 2.24) is 5.32 Å². The molecule has 0 amide bonds. The number of nitriles is 1. The van der Waals surface area contributed by atoms with Crippen LogP contribution in [-0.2, 0) is 0 Å². The SMILES string of the molecule is N#CC1(Cl)[C]=C(c2ccccc2F)C=CN1. The molecule has 1 atom stereocenters. The van der Waals surface area contributed by atoms with E-state index in [2.05, 4.69) is 11.4 Å². The Morgan fingerprint density at radius 2 is 2.19 bits per heavy atom. The van der Waals surface area contributed by atoms with Gasteiger partial charge in [0.15, 0.2) is 0 Å². The number of halogens is 2. The van der Waals surface area contributed by atoms with Crippen LogP contribution >= 0.6 is 11.6 Å². The molecule has 1 heterocycles. The van der Waals surface area contributed by atoms with Gasteiger partial charge in [-0.2, -0.15) is 5.26 Å². The first-order chi connectivity index (χ1) is 7.64. The summed E-state index contributed by atoms with van der Waals surface area (Å²) < 4.78 is 13.5. The molecule has 79 valence electrons. The largest absolute Gasteiger partial charge is 0.357 e. The minimum absolute atomic E-state index is 0.367. The predicted octanol–water partition coefficient (Wildman–Crippen LogP) is 2.59. The average molecular weight is 234 g/mol. The minimum Gasteiger partial charge on any atom is -0.357 e. The zero-order valence-corrected chi connectivity index (χ0v) is 8.92. The van der Waals surface area contributed by atoms with Crippen molar-refractivity contribution in [2.75, 3.05) is 0 Å². The van der Waals surface area contributed by atoms with Crippen LogP contribution in [0.5, 0.6) is 0 Å². The van der Waals surface area contributed by atoms with Gasteiger partial charge in [-0.25, -0.2) is 4.39 Å². The second kappa shape index (κ2) is 3.99. The van der Waals surface area contributed by atoms with Crippen molar-refractivity contribution >= 4 is 17.2 Å². The molecule has 0 aliphatic carbocycles. The lowest BCUT2D eigenvalue weighted by molar-refractivity contribution is 0.623. The van der Waals surface area contributed by atoms with Crippen molar-refractivity contribution in [3.8, 4) is 6.07 Å². The first-order valence-electron chi connectivity index (χ1n) is 4.59. The Hall–Kier alpha value is -1.79. The maximum absolute atomic E-state index is 13.5. The third-order valence-electron chi connectivity index (χ3n) is 2.16. The number of nitrogens with zero attached hydrogens (tertiary/aromatic N) is 1. The number of dihydropyridines is 1. The molecule has 16 heavy (non-hydrogen) atoms. The van der Waals surface area contributed by atoms with Crippen LogP contribution < -0.4 is 5.32 Å². The molecule has 0 saturated carbocycles. The fourth-order valence-electron chi connectivity index (χ4n) is 1.40. The van der Waals surface area contributed by atoms with Gasteiger partial charge in [0.05, 0.1) is 0 Å². The smallest absolute Gasteiger partial charge is 0.226 e. The van der Waals surface area contributed by atoms with Crippen molar-refractivity contribution in [3.63, 3.8) is 0 Å². The van der Waals surface area contributed by atoms with Gasteiger partial charge in [-0.3, -0.25) is 0 Å². The third kappa shape index (κ3) is 1.93. The molecule has 1 radical (unpaired) electrons. The summed E-state index contributed by atoms with van der Waals surface area (Å²) in [6.45, 7) is 0. The van der Waals surface area contributed by atoms with Crippen LogP contribution in [-0.4, -0.2) is 5.00 Å². The molecule has 1 aromatic rings. The lowest BCUT2D eigenvalue weighted by Crippen LogP contribution is -2.34. The standard InChI is InChI=1S/C12H7ClFN2/c13-12(8-15)7-9(5-6-16-12)10-3-1-2-4-11(10)14/h1-6,16H. The molecule has 0 spiro atoms. The van der Waals surface area contributed by atoms with Gasteiger partial charge in [0.1, 0.15) is 11.9 Å². The molecule has 1 unspecified atom stereocenters. The van der Waals surface area contributed by atoms with Crippen LogP contribution in [0.15, 0.2) is 36.5 Å². The highest BCUT2D eigenvalue weighted by molar-refractivity contribution is 6.27. The highest BCUT2D eigenvalue weighted by Crippen LogP contribution is 2.26. The van der Waals surface area contributed by atoms with Gasteiger partial charge in [-0.1, -0.05) is 29.8 Å². The predicted molar refractivity (Wildman–Crippen MR) is 59.5 cm³/mol. The Balaban J connectivity index is 2.47. The maximum Gasteiger partial charge on any atom is 0.226 e. The van der Waals surface area contributed by atoms with Crippen molar-refractivity contribution in [2.45, 2.75) is 5.00 Å². The number of benzene rings is 1. The number of hydrogen-bond donors (Lipinski definition) is 1. The molecular weight excluding hydrogens is 227 g/mol. The lowest BCUT2D eigenvalue weighted by atomic mass is 10.0. The van der Waals surface area contributed by atoms with Crippen LogP contribution in [0.3, 0.4) is 0 Å². The maximum atomic E-state index is 13.5. The Morgan fingerprint density at radius 3 is 2.88 bits per heavy atom. The van der Waals surface area contributed by atoms with Crippen LogP contribution in [0.25, 0.3) is 5.57 Å². The summed E-state index contributed by atoms with van der Waals surface area (Å²) in [4.78, 5) is -1.42. The second-order valence-corrected chi connectivity index (χ2v) is 3.83. The Kier molecular flexibility index (Phi) is 2.67. The summed E-state index contributed by atoms with van der Waals surface area (Å²) >= 11 is 5.88. The fourth-order valence-corrected chi connectivity index (χ4v) is 1.56. The van der Waals surface area contributed by atoms with Crippen molar-refractivity contribution in [2.24, 2.45) is 0 Å². The summed E-state index contributed by atoms with van der Waals surface area (Å²) in [6.07, 6.45) is 5.85. The molecule has 0 fully saturated rings. The van der Waals surface area contributed by atoms with E-state index >= 15 is 0 Å². The molecule has 1 aromatic carbocycles. The van der Waals surface area contributed by atoms with Gasteiger partial charge in [0.25, 0.3) is 0 Å². The van der Waals surface area contributed by atoms with Crippen molar-refractivity contribution in [3.05, 3.63) is 54.0 Å². The zero-order chi connectivity index (χ0) is 11.6.